The van der Waals surface area contributed by atoms with E-state index < -0.39 is 12.8 Å². The van der Waals surface area contributed by atoms with E-state index in [2.05, 4.69) is 5.16 Å². The lowest BCUT2D eigenvalue weighted by molar-refractivity contribution is 0.0296. The Kier molecular flexibility index (Phi) is 5.85. The minimum absolute atomic E-state index is 0.208. The summed E-state index contributed by atoms with van der Waals surface area (Å²) >= 11 is 0. The molecule has 3 rings (SSSR count). The first-order valence-corrected chi connectivity index (χ1v) is 8.53. The van der Waals surface area contributed by atoms with Crippen molar-refractivity contribution >= 4 is 12.0 Å². The largest absolute Gasteiger partial charge is 0.447 e. The molecule has 25 heavy (non-hydrogen) atoms. The fraction of sp³-hybridized carbons (Fsp3) is 0.688. The molecule has 1 unspecified atom stereocenters. The van der Waals surface area contributed by atoms with Gasteiger partial charge in [-0.05, 0) is 19.3 Å². The number of hydrogen-bond donors (Lipinski definition) is 0. The molecule has 2 saturated heterocycles. The third kappa shape index (κ3) is 4.09. The zero-order valence-electron chi connectivity index (χ0n) is 14.0. The normalized spacial score (nSPS) is 21.2. The number of hydrogen-bond acceptors (Lipinski definition) is 6. The molecule has 1 aromatic rings. The summed E-state index contributed by atoms with van der Waals surface area (Å²) in [4.78, 5) is 27.8. The Morgan fingerprint density at radius 1 is 1.28 bits per heavy atom. The molecule has 1 atom stereocenters. The van der Waals surface area contributed by atoms with Gasteiger partial charge in [0.05, 0.1) is 19.3 Å². The number of carbonyl (C=O) groups is 2. The second-order valence-electron chi connectivity index (χ2n) is 6.03. The first-order valence-electron chi connectivity index (χ1n) is 8.53. The van der Waals surface area contributed by atoms with Gasteiger partial charge in [0.2, 0.25) is 0 Å². The maximum absolute atomic E-state index is 12.5. The smallest absolute Gasteiger partial charge is 0.410 e. The van der Waals surface area contributed by atoms with Crippen molar-refractivity contribution in [1.29, 1.82) is 0 Å². The van der Waals surface area contributed by atoms with Gasteiger partial charge in [0.1, 0.15) is 13.3 Å². The summed E-state index contributed by atoms with van der Waals surface area (Å²) < 4.78 is 27.7. The second kappa shape index (κ2) is 8.28. The summed E-state index contributed by atoms with van der Waals surface area (Å²) in [5, 5.41) is 3.88. The monoisotopic (exact) mass is 355 g/mol. The van der Waals surface area contributed by atoms with E-state index in [-0.39, 0.29) is 24.2 Å². The van der Waals surface area contributed by atoms with Crippen LogP contribution < -0.4 is 0 Å². The molecule has 2 aliphatic rings. The molecule has 9 heteroatoms. The first kappa shape index (κ1) is 17.7. The van der Waals surface area contributed by atoms with Crippen LogP contribution in [0.25, 0.3) is 0 Å². The molecule has 0 spiro atoms. The van der Waals surface area contributed by atoms with Crippen LogP contribution in [-0.2, 0) is 9.47 Å². The van der Waals surface area contributed by atoms with Gasteiger partial charge >= 0.3 is 6.09 Å². The van der Waals surface area contributed by atoms with Crippen molar-refractivity contribution < 1.29 is 28.0 Å². The average Bonchev–Trinajstić information content (AvgIpc) is 3.16. The van der Waals surface area contributed by atoms with Crippen molar-refractivity contribution in [2.24, 2.45) is 0 Å². The van der Waals surface area contributed by atoms with Crippen molar-refractivity contribution in [3.05, 3.63) is 17.5 Å². The van der Waals surface area contributed by atoms with Gasteiger partial charge in [0, 0.05) is 25.7 Å². The number of piperidine rings is 1. The summed E-state index contributed by atoms with van der Waals surface area (Å²) in [5.41, 5.74) is 0.222. The van der Waals surface area contributed by atoms with Crippen molar-refractivity contribution in [3.8, 4) is 0 Å². The Morgan fingerprint density at radius 2 is 2.08 bits per heavy atom. The lowest BCUT2D eigenvalue weighted by Crippen LogP contribution is -2.40. The van der Waals surface area contributed by atoms with Crippen LogP contribution in [0.3, 0.4) is 0 Å². The molecule has 138 valence electrons. The van der Waals surface area contributed by atoms with Crippen LogP contribution in [-0.4, -0.2) is 73.1 Å². The molecule has 2 fully saturated rings. The summed E-state index contributed by atoms with van der Waals surface area (Å²) in [6, 6.07) is 1.24. The Morgan fingerprint density at radius 3 is 2.84 bits per heavy atom. The van der Waals surface area contributed by atoms with Crippen molar-refractivity contribution in [3.63, 3.8) is 0 Å². The molecule has 0 saturated carbocycles. The molecule has 8 nitrogen and oxygen atoms in total. The molecule has 0 bridgehead atoms. The van der Waals surface area contributed by atoms with Gasteiger partial charge in [0.25, 0.3) is 5.91 Å². The Hall–Kier alpha value is -2.16. The second-order valence-corrected chi connectivity index (χ2v) is 6.03. The van der Waals surface area contributed by atoms with Crippen LogP contribution >= 0.6 is 0 Å². The van der Waals surface area contributed by atoms with Gasteiger partial charge in [-0.25, -0.2) is 9.18 Å². The maximum atomic E-state index is 12.5. The van der Waals surface area contributed by atoms with E-state index in [9.17, 15) is 14.0 Å². The van der Waals surface area contributed by atoms with Gasteiger partial charge in [-0.2, -0.15) is 0 Å². The summed E-state index contributed by atoms with van der Waals surface area (Å²) in [7, 11) is 0. The summed E-state index contributed by atoms with van der Waals surface area (Å²) in [6.07, 6.45) is 1.88. The first-order chi connectivity index (χ1) is 12.2. The van der Waals surface area contributed by atoms with Gasteiger partial charge in [0.15, 0.2) is 11.5 Å². The standard InChI is InChI=1S/C16H22FN3O5/c17-4-8-24-16(22)20-5-2-1-3-13(20)14-11-12(18-25-14)15(21)19-6-9-23-10-7-19/h11,13H,1-10H2. The van der Waals surface area contributed by atoms with Gasteiger partial charge in [-0.3, -0.25) is 9.69 Å². The minimum Gasteiger partial charge on any atom is -0.447 e. The number of aromatic nitrogens is 1. The topological polar surface area (TPSA) is 85.1 Å². The van der Waals surface area contributed by atoms with Crippen LogP contribution in [0.15, 0.2) is 10.6 Å². The zero-order valence-corrected chi connectivity index (χ0v) is 14.0. The highest BCUT2D eigenvalue weighted by molar-refractivity contribution is 5.92. The maximum Gasteiger partial charge on any atom is 0.410 e. The predicted molar refractivity (Wildman–Crippen MR) is 83.8 cm³/mol. The van der Waals surface area contributed by atoms with E-state index in [0.29, 0.717) is 45.0 Å². The van der Waals surface area contributed by atoms with E-state index in [1.54, 1.807) is 11.0 Å². The van der Waals surface area contributed by atoms with Gasteiger partial charge in [-0.1, -0.05) is 5.16 Å². The Bertz CT molecular complexity index is 602. The number of carbonyl (C=O) groups excluding carboxylic acids is 2. The fourth-order valence-electron chi connectivity index (χ4n) is 3.13. The van der Waals surface area contributed by atoms with Gasteiger partial charge < -0.3 is 18.9 Å². The zero-order chi connectivity index (χ0) is 17.6. The van der Waals surface area contributed by atoms with E-state index in [1.165, 1.54) is 4.90 Å². The van der Waals surface area contributed by atoms with Gasteiger partial charge in [-0.15, -0.1) is 0 Å². The predicted octanol–water partition coefficient (Wildman–Crippen LogP) is 1.78. The molecular weight excluding hydrogens is 333 g/mol. The Labute approximate surface area is 144 Å². The van der Waals surface area contributed by atoms with Crippen LogP contribution in [0.5, 0.6) is 0 Å². The molecule has 1 aromatic heterocycles. The lowest BCUT2D eigenvalue weighted by atomic mass is 10.0. The molecule has 3 heterocycles. The molecule has 2 amide bonds. The highest BCUT2D eigenvalue weighted by Gasteiger charge is 2.33. The highest BCUT2D eigenvalue weighted by Crippen LogP contribution is 2.32. The number of halogens is 1. The molecular formula is C16H22FN3O5. The SMILES string of the molecule is O=C(c1cc(C2CCCCN2C(=O)OCCF)on1)N1CCOCC1. The number of ether oxygens (including phenoxy) is 2. The van der Waals surface area contributed by atoms with Crippen molar-refractivity contribution in [1.82, 2.24) is 15.0 Å². The molecule has 0 radical (unpaired) electrons. The number of likely N-dealkylation sites (tertiary alicyclic amines) is 1. The Balaban J connectivity index is 1.70. The third-order valence-electron chi connectivity index (χ3n) is 4.41. The van der Waals surface area contributed by atoms with E-state index >= 15 is 0 Å². The number of amides is 2. The van der Waals surface area contributed by atoms with Crippen molar-refractivity contribution in [2.75, 3.05) is 46.1 Å². The molecule has 2 aliphatic heterocycles. The van der Waals surface area contributed by atoms with E-state index in [4.69, 9.17) is 14.0 Å². The van der Waals surface area contributed by atoms with Crippen LogP contribution in [0, 0.1) is 0 Å². The van der Waals surface area contributed by atoms with Crippen LogP contribution in [0.1, 0.15) is 41.6 Å². The minimum atomic E-state index is -0.718. The molecule has 0 N–H and O–H groups in total. The number of alkyl halides is 1. The third-order valence-corrected chi connectivity index (χ3v) is 4.41. The summed E-state index contributed by atoms with van der Waals surface area (Å²) in [5.74, 6) is 0.245. The average molecular weight is 355 g/mol. The van der Waals surface area contributed by atoms with Crippen LogP contribution in [0.4, 0.5) is 9.18 Å². The van der Waals surface area contributed by atoms with Crippen LogP contribution in [0.2, 0.25) is 0 Å². The highest BCUT2D eigenvalue weighted by atomic mass is 19.1. The number of nitrogens with zero attached hydrogens (tertiary/aromatic N) is 3. The van der Waals surface area contributed by atoms with E-state index in [0.717, 1.165) is 12.8 Å². The quantitative estimate of drug-likeness (QED) is 0.818. The molecule has 0 aromatic carbocycles. The molecule has 0 aliphatic carbocycles. The lowest BCUT2D eigenvalue weighted by Gasteiger charge is -2.33. The van der Waals surface area contributed by atoms with Crippen molar-refractivity contribution in [2.45, 2.75) is 25.3 Å². The number of rotatable bonds is 4. The number of morpholine rings is 1. The summed E-state index contributed by atoms with van der Waals surface area (Å²) in [6.45, 7) is 1.58. The fourth-order valence-corrected chi connectivity index (χ4v) is 3.13. The van der Waals surface area contributed by atoms with E-state index in [1.807, 2.05) is 0 Å².